The minimum Gasteiger partial charge on any atom is -0.461 e. The van der Waals surface area contributed by atoms with Crippen LogP contribution in [0.3, 0.4) is 0 Å². The monoisotopic (exact) mass is 292 g/mol. The molecule has 0 fully saturated rings. The molecule has 2 aromatic rings. The molecule has 0 bridgehead atoms. The van der Waals surface area contributed by atoms with E-state index in [1.807, 2.05) is 30.3 Å². The minimum atomic E-state index is -0.551. The van der Waals surface area contributed by atoms with Crippen molar-refractivity contribution >= 4 is 5.97 Å². The first-order chi connectivity index (χ1) is 10.3. The SMILES string of the molecule is CCOC(=O)c1cc(COCCF)nn1-c1ccccc1. The Balaban J connectivity index is 2.29. The molecule has 0 unspecified atom stereocenters. The third-order valence-electron chi connectivity index (χ3n) is 2.72. The fourth-order valence-electron chi connectivity index (χ4n) is 1.85. The molecule has 0 N–H and O–H groups in total. The normalized spacial score (nSPS) is 10.6. The lowest BCUT2D eigenvalue weighted by atomic mass is 10.3. The van der Waals surface area contributed by atoms with Crippen LogP contribution >= 0.6 is 0 Å². The average Bonchev–Trinajstić information content (AvgIpc) is 2.93. The number of halogens is 1. The van der Waals surface area contributed by atoms with Gasteiger partial charge in [0, 0.05) is 0 Å². The number of aromatic nitrogens is 2. The lowest BCUT2D eigenvalue weighted by molar-refractivity contribution is 0.0515. The standard InChI is InChI=1S/C15H17FN2O3/c1-2-21-15(19)14-10-12(11-20-9-8-16)17-18(14)13-6-4-3-5-7-13/h3-7,10H,2,8-9,11H2,1H3. The average molecular weight is 292 g/mol. The molecule has 0 saturated carbocycles. The first kappa shape index (κ1) is 15.2. The van der Waals surface area contributed by atoms with E-state index in [0.717, 1.165) is 5.69 Å². The summed E-state index contributed by atoms with van der Waals surface area (Å²) in [7, 11) is 0. The topological polar surface area (TPSA) is 53.4 Å². The number of ether oxygens (including phenoxy) is 2. The minimum absolute atomic E-state index is 0.00688. The lowest BCUT2D eigenvalue weighted by Crippen LogP contribution is -2.11. The van der Waals surface area contributed by atoms with Gasteiger partial charge in [0.15, 0.2) is 5.69 Å². The van der Waals surface area contributed by atoms with Crippen LogP contribution in [0.2, 0.25) is 0 Å². The van der Waals surface area contributed by atoms with E-state index in [1.54, 1.807) is 13.0 Å². The first-order valence-corrected chi connectivity index (χ1v) is 6.71. The van der Waals surface area contributed by atoms with Crippen LogP contribution in [0.1, 0.15) is 23.1 Å². The number of nitrogens with zero attached hydrogens (tertiary/aromatic N) is 2. The number of esters is 1. The highest BCUT2D eigenvalue weighted by atomic mass is 19.1. The van der Waals surface area contributed by atoms with Crippen molar-refractivity contribution in [2.45, 2.75) is 13.5 Å². The quantitative estimate of drug-likeness (QED) is 0.581. The van der Waals surface area contributed by atoms with E-state index >= 15 is 0 Å². The number of alkyl halides is 1. The van der Waals surface area contributed by atoms with Crippen molar-refractivity contribution in [2.75, 3.05) is 19.9 Å². The Morgan fingerprint density at radius 3 is 2.76 bits per heavy atom. The molecular weight excluding hydrogens is 275 g/mol. The molecule has 0 aliphatic heterocycles. The van der Waals surface area contributed by atoms with Gasteiger partial charge < -0.3 is 9.47 Å². The summed E-state index contributed by atoms with van der Waals surface area (Å²) in [5, 5.41) is 4.32. The maximum absolute atomic E-state index is 12.0. The molecular formula is C15H17FN2O3. The largest absolute Gasteiger partial charge is 0.461 e. The summed E-state index contributed by atoms with van der Waals surface area (Å²) >= 11 is 0. The maximum Gasteiger partial charge on any atom is 0.357 e. The van der Waals surface area contributed by atoms with Gasteiger partial charge in [0.1, 0.15) is 6.67 Å². The van der Waals surface area contributed by atoms with E-state index in [1.165, 1.54) is 4.68 Å². The van der Waals surface area contributed by atoms with Gasteiger partial charge in [-0.3, -0.25) is 0 Å². The number of hydrogen-bond acceptors (Lipinski definition) is 4. The number of hydrogen-bond donors (Lipinski definition) is 0. The molecule has 0 aliphatic carbocycles. The smallest absolute Gasteiger partial charge is 0.357 e. The van der Waals surface area contributed by atoms with Gasteiger partial charge in [-0.15, -0.1) is 0 Å². The van der Waals surface area contributed by atoms with E-state index in [9.17, 15) is 9.18 Å². The predicted molar refractivity (Wildman–Crippen MR) is 75.2 cm³/mol. The van der Waals surface area contributed by atoms with Gasteiger partial charge in [-0.05, 0) is 25.1 Å². The summed E-state index contributed by atoms with van der Waals surface area (Å²) in [6.45, 7) is 1.63. The van der Waals surface area contributed by atoms with Crippen molar-refractivity contribution in [3.8, 4) is 5.69 Å². The fraction of sp³-hybridized carbons (Fsp3) is 0.333. The van der Waals surface area contributed by atoms with Gasteiger partial charge in [-0.1, -0.05) is 18.2 Å². The van der Waals surface area contributed by atoms with Crippen molar-refractivity contribution in [1.82, 2.24) is 9.78 Å². The second kappa shape index (κ2) is 7.54. The van der Waals surface area contributed by atoms with Crippen LogP contribution in [0.15, 0.2) is 36.4 Å². The van der Waals surface area contributed by atoms with Crippen LogP contribution in [0.4, 0.5) is 4.39 Å². The Morgan fingerprint density at radius 1 is 1.33 bits per heavy atom. The van der Waals surface area contributed by atoms with Gasteiger partial charge in [0.2, 0.25) is 0 Å². The second-order valence-corrected chi connectivity index (χ2v) is 4.23. The Hall–Kier alpha value is -2.21. The maximum atomic E-state index is 12.0. The molecule has 5 nitrogen and oxygen atoms in total. The second-order valence-electron chi connectivity index (χ2n) is 4.23. The molecule has 0 atom stereocenters. The van der Waals surface area contributed by atoms with E-state index in [2.05, 4.69) is 5.10 Å². The van der Waals surface area contributed by atoms with Crippen molar-refractivity contribution in [3.05, 3.63) is 47.8 Å². The van der Waals surface area contributed by atoms with E-state index in [-0.39, 0.29) is 19.8 Å². The molecule has 0 amide bonds. The summed E-state index contributed by atoms with van der Waals surface area (Å²) < 4.78 is 23.7. The fourth-order valence-corrected chi connectivity index (χ4v) is 1.85. The van der Waals surface area contributed by atoms with Crippen molar-refractivity contribution in [1.29, 1.82) is 0 Å². The third kappa shape index (κ3) is 3.88. The van der Waals surface area contributed by atoms with E-state index < -0.39 is 12.6 Å². The summed E-state index contributed by atoms with van der Waals surface area (Å²) in [6.07, 6.45) is 0. The summed E-state index contributed by atoms with van der Waals surface area (Å²) in [5.74, 6) is -0.453. The Labute approximate surface area is 122 Å². The van der Waals surface area contributed by atoms with E-state index in [4.69, 9.17) is 9.47 Å². The summed E-state index contributed by atoms with van der Waals surface area (Å²) in [5.41, 5.74) is 1.62. The molecule has 6 heteroatoms. The van der Waals surface area contributed by atoms with Gasteiger partial charge in [-0.25, -0.2) is 13.9 Å². The number of carbonyl (C=O) groups excluding carboxylic acids is 1. The number of para-hydroxylation sites is 1. The van der Waals surface area contributed by atoms with Crippen molar-refractivity contribution in [2.24, 2.45) is 0 Å². The molecule has 0 aliphatic rings. The molecule has 0 spiro atoms. The van der Waals surface area contributed by atoms with Crippen LogP contribution < -0.4 is 0 Å². The molecule has 21 heavy (non-hydrogen) atoms. The first-order valence-electron chi connectivity index (χ1n) is 6.71. The van der Waals surface area contributed by atoms with Crippen LogP contribution in [-0.4, -0.2) is 35.6 Å². The zero-order valence-electron chi connectivity index (χ0n) is 11.8. The molecule has 112 valence electrons. The Kier molecular flexibility index (Phi) is 5.45. The number of benzene rings is 1. The molecule has 1 aromatic heterocycles. The third-order valence-corrected chi connectivity index (χ3v) is 2.72. The van der Waals surface area contributed by atoms with Crippen molar-refractivity contribution in [3.63, 3.8) is 0 Å². The van der Waals surface area contributed by atoms with Crippen LogP contribution in [-0.2, 0) is 16.1 Å². The summed E-state index contributed by atoms with van der Waals surface area (Å²) in [6, 6.07) is 10.9. The van der Waals surface area contributed by atoms with Gasteiger partial charge >= 0.3 is 5.97 Å². The van der Waals surface area contributed by atoms with E-state index in [0.29, 0.717) is 11.4 Å². The molecule has 0 radical (unpaired) electrons. The van der Waals surface area contributed by atoms with Crippen LogP contribution in [0.25, 0.3) is 5.69 Å². The Bertz CT molecular complexity index is 584. The highest BCUT2D eigenvalue weighted by molar-refractivity contribution is 5.88. The summed E-state index contributed by atoms with van der Waals surface area (Å²) in [4.78, 5) is 12.0. The highest BCUT2D eigenvalue weighted by Gasteiger charge is 2.17. The lowest BCUT2D eigenvalue weighted by Gasteiger charge is -2.06. The highest BCUT2D eigenvalue weighted by Crippen LogP contribution is 2.14. The number of carbonyl (C=O) groups is 1. The van der Waals surface area contributed by atoms with Crippen LogP contribution in [0, 0.1) is 0 Å². The zero-order chi connectivity index (χ0) is 15.1. The zero-order valence-corrected chi connectivity index (χ0v) is 11.8. The Morgan fingerprint density at radius 2 is 2.10 bits per heavy atom. The molecule has 0 saturated heterocycles. The van der Waals surface area contributed by atoms with Gasteiger partial charge in [0.05, 0.1) is 31.2 Å². The van der Waals surface area contributed by atoms with Gasteiger partial charge in [0.25, 0.3) is 0 Å². The molecule has 2 rings (SSSR count). The van der Waals surface area contributed by atoms with Crippen molar-refractivity contribution < 1.29 is 18.7 Å². The van der Waals surface area contributed by atoms with Gasteiger partial charge in [-0.2, -0.15) is 5.10 Å². The molecule has 1 heterocycles. The number of rotatable bonds is 7. The van der Waals surface area contributed by atoms with Crippen LogP contribution in [0.5, 0.6) is 0 Å². The molecule has 1 aromatic carbocycles. The predicted octanol–water partition coefficient (Wildman–Crippen LogP) is 2.54.